The Morgan fingerprint density at radius 3 is 2.81 bits per heavy atom. The highest BCUT2D eigenvalue weighted by Gasteiger charge is 2.36. The molecule has 1 aromatic rings. The molecule has 0 aromatic carbocycles. The van der Waals surface area contributed by atoms with Crippen molar-refractivity contribution in [3.8, 4) is 0 Å². The van der Waals surface area contributed by atoms with Crippen molar-refractivity contribution in [3.63, 3.8) is 0 Å². The molecule has 90 valence electrons. The summed E-state index contributed by atoms with van der Waals surface area (Å²) < 4.78 is 7.60. The first-order valence-corrected chi connectivity index (χ1v) is 5.74. The van der Waals surface area contributed by atoms with Gasteiger partial charge in [-0.3, -0.25) is 0 Å². The Kier molecular flexibility index (Phi) is 2.99. The first kappa shape index (κ1) is 11.5. The summed E-state index contributed by atoms with van der Waals surface area (Å²) in [5.41, 5.74) is 0.0554. The molecule has 1 N–H and O–H groups in total. The summed E-state index contributed by atoms with van der Waals surface area (Å²) in [7, 11) is 1.99. The van der Waals surface area contributed by atoms with Gasteiger partial charge >= 0.3 is 0 Å². The van der Waals surface area contributed by atoms with E-state index in [1.807, 2.05) is 18.5 Å². The number of hydrogen-bond acceptors (Lipinski definition) is 4. The molecule has 1 saturated heterocycles. The summed E-state index contributed by atoms with van der Waals surface area (Å²) in [6.45, 7) is 7.85. The maximum Gasteiger partial charge on any atom is 0.146 e. The van der Waals surface area contributed by atoms with Crippen molar-refractivity contribution < 1.29 is 4.74 Å². The number of nitrogens with one attached hydrogen (secondary N) is 1. The molecule has 0 amide bonds. The van der Waals surface area contributed by atoms with Gasteiger partial charge in [0.15, 0.2) is 0 Å². The van der Waals surface area contributed by atoms with Crippen molar-refractivity contribution in [2.45, 2.75) is 45.4 Å². The SMILES string of the molecule is Cc1nnc(CNC2(C)CCOC2C)n1C. The van der Waals surface area contributed by atoms with E-state index in [-0.39, 0.29) is 11.6 Å². The van der Waals surface area contributed by atoms with Crippen LogP contribution in [0.25, 0.3) is 0 Å². The van der Waals surface area contributed by atoms with Gasteiger partial charge in [0.05, 0.1) is 12.6 Å². The summed E-state index contributed by atoms with van der Waals surface area (Å²) in [5, 5.41) is 11.7. The summed E-state index contributed by atoms with van der Waals surface area (Å²) >= 11 is 0. The quantitative estimate of drug-likeness (QED) is 0.824. The fourth-order valence-electron chi connectivity index (χ4n) is 1.95. The van der Waals surface area contributed by atoms with Gasteiger partial charge in [-0.05, 0) is 27.2 Å². The molecule has 0 aliphatic carbocycles. The molecule has 0 spiro atoms. The molecular formula is C11H20N4O. The number of nitrogens with zero attached hydrogens (tertiary/aromatic N) is 3. The Bertz CT molecular complexity index is 376. The Labute approximate surface area is 96.2 Å². The second-order valence-electron chi connectivity index (χ2n) is 4.76. The zero-order chi connectivity index (χ0) is 11.8. The number of hydrogen-bond donors (Lipinski definition) is 1. The lowest BCUT2D eigenvalue weighted by Crippen LogP contribution is -2.47. The van der Waals surface area contributed by atoms with Gasteiger partial charge in [-0.1, -0.05) is 0 Å². The second-order valence-corrected chi connectivity index (χ2v) is 4.76. The number of ether oxygens (including phenoxy) is 1. The molecule has 0 saturated carbocycles. The van der Waals surface area contributed by atoms with E-state index in [0.29, 0.717) is 0 Å². The molecular weight excluding hydrogens is 204 g/mol. The van der Waals surface area contributed by atoms with E-state index >= 15 is 0 Å². The predicted octanol–water partition coefficient (Wildman–Crippen LogP) is 0.781. The highest BCUT2D eigenvalue weighted by Crippen LogP contribution is 2.25. The van der Waals surface area contributed by atoms with Gasteiger partial charge in [-0.2, -0.15) is 0 Å². The van der Waals surface area contributed by atoms with Crippen LogP contribution in [-0.2, 0) is 18.3 Å². The third-order valence-corrected chi connectivity index (χ3v) is 3.72. The number of aromatic nitrogens is 3. The van der Waals surface area contributed by atoms with E-state index < -0.39 is 0 Å². The molecule has 2 unspecified atom stereocenters. The molecule has 1 fully saturated rings. The van der Waals surface area contributed by atoms with E-state index in [1.54, 1.807) is 0 Å². The summed E-state index contributed by atoms with van der Waals surface area (Å²) in [6, 6.07) is 0. The van der Waals surface area contributed by atoms with Crippen molar-refractivity contribution in [2.24, 2.45) is 7.05 Å². The Morgan fingerprint density at radius 2 is 2.31 bits per heavy atom. The normalized spacial score (nSPS) is 29.9. The smallest absolute Gasteiger partial charge is 0.146 e. The van der Waals surface area contributed by atoms with Crippen molar-refractivity contribution in [2.75, 3.05) is 6.61 Å². The molecule has 5 heteroatoms. The lowest BCUT2D eigenvalue weighted by atomic mass is 9.95. The van der Waals surface area contributed by atoms with E-state index in [4.69, 9.17) is 4.74 Å². The van der Waals surface area contributed by atoms with Crippen LogP contribution in [0.4, 0.5) is 0 Å². The van der Waals surface area contributed by atoms with Crippen LogP contribution in [-0.4, -0.2) is 33.0 Å². The minimum Gasteiger partial charge on any atom is -0.377 e. The Hall–Kier alpha value is -0.940. The fraction of sp³-hybridized carbons (Fsp3) is 0.818. The molecule has 0 radical (unpaired) electrons. The summed E-state index contributed by atoms with van der Waals surface area (Å²) in [6.07, 6.45) is 1.30. The van der Waals surface area contributed by atoms with Gasteiger partial charge in [0.2, 0.25) is 0 Å². The minimum absolute atomic E-state index is 0.0554. The van der Waals surface area contributed by atoms with Crippen LogP contribution in [0.3, 0.4) is 0 Å². The van der Waals surface area contributed by atoms with Crippen LogP contribution in [0, 0.1) is 6.92 Å². The van der Waals surface area contributed by atoms with Crippen molar-refractivity contribution in [1.29, 1.82) is 0 Å². The average molecular weight is 224 g/mol. The molecule has 2 rings (SSSR count). The topological polar surface area (TPSA) is 52.0 Å². The molecule has 1 aliphatic rings. The van der Waals surface area contributed by atoms with Crippen LogP contribution in [0.2, 0.25) is 0 Å². The molecule has 0 bridgehead atoms. The Morgan fingerprint density at radius 1 is 1.56 bits per heavy atom. The van der Waals surface area contributed by atoms with Crippen molar-refractivity contribution >= 4 is 0 Å². The molecule has 2 heterocycles. The largest absolute Gasteiger partial charge is 0.377 e. The van der Waals surface area contributed by atoms with Gasteiger partial charge in [0.1, 0.15) is 11.6 Å². The second kappa shape index (κ2) is 4.14. The first-order chi connectivity index (χ1) is 7.53. The molecule has 2 atom stereocenters. The van der Waals surface area contributed by atoms with Gasteiger partial charge in [0, 0.05) is 19.2 Å². The van der Waals surface area contributed by atoms with E-state index in [1.165, 1.54) is 0 Å². The summed E-state index contributed by atoms with van der Waals surface area (Å²) in [4.78, 5) is 0. The van der Waals surface area contributed by atoms with Crippen LogP contribution in [0.1, 0.15) is 31.9 Å². The van der Waals surface area contributed by atoms with Crippen LogP contribution >= 0.6 is 0 Å². The number of rotatable bonds is 3. The van der Waals surface area contributed by atoms with E-state index in [9.17, 15) is 0 Å². The zero-order valence-corrected chi connectivity index (χ0v) is 10.4. The van der Waals surface area contributed by atoms with Crippen molar-refractivity contribution in [1.82, 2.24) is 20.1 Å². The third kappa shape index (κ3) is 1.97. The molecule has 1 aliphatic heterocycles. The maximum absolute atomic E-state index is 5.59. The average Bonchev–Trinajstić information content (AvgIpc) is 2.73. The molecule has 16 heavy (non-hydrogen) atoms. The van der Waals surface area contributed by atoms with Gasteiger partial charge in [-0.25, -0.2) is 0 Å². The highest BCUT2D eigenvalue weighted by molar-refractivity contribution is 4.98. The number of aryl methyl sites for hydroxylation is 1. The fourth-order valence-corrected chi connectivity index (χ4v) is 1.95. The van der Waals surface area contributed by atoms with Crippen LogP contribution in [0.15, 0.2) is 0 Å². The van der Waals surface area contributed by atoms with Crippen molar-refractivity contribution in [3.05, 3.63) is 11.6 Å². The van der Waals surface area contributed by atoms with E-state index in [2.05, 4.69) is 29.4 Å². The molecule has 5 nitrogen and oxygen atoms in total. The Balaban J connectivity index is 1.99. The third-order valence-electron chi connectivity index (χ3n) is 3.72. The first-order valence-electron chi connectivity index (χ1n) is 5.74. The van der Waals surface area contributed by atoms with Crippen LogP contribution < -0.4 is 5.32 Å². The van der Waals surface area contributed by atoms with Gasteiger partial charge < -0.3 is 14.6 Å². The summed E-state index contributed by atoms with van der Waals surface area (Å²) in [5.74, 6) is 1.91. The monoisotopic (exact) mass is 224 g/mol. The molecule has 1 aromatic heterocycles. The predicted molar refractivity (Wildman–Crippen MR) is 61.0 cm³/mol. The lowest BCUT2D eigenvalue weighted by molar-refractivity contribution is 0.0878. The highest BCUT2D eigenvalue weighted by atomic mass is 16.5. The maximum atomic E-state index is 5.59. The minimum atomic E-state index is 0.0554. The zero-order valence-electron chi connectivity index (χ0n) is 10.4. The van der Waals surface area contributed by atoms with Crippen LogP contribution in [0.5, 0.6) is 0 Å². The van der Waals surface area contributed by atoms with Gasteiger partial charge in [-0.15, -0.1) is 10.2 Å². The van der Waals surface area contributed by atoms with Gasteiger partial charge in [0.25, 0.3) is 0 Å². The van der Waals surface area contributed by atoms with E-state index in [0.717, 1.165) is 31.2 Å². The lowest BCUT2D eigenvalue weighted by Gasteiger charge is -2.28. The standard InChI is InChI=1S/C11H20N4O/c1-8-11(3,5-6-16-8)12-7-10-14-13-9(2)15(10)4/h8,12H,5-7H2,1-4H3.